The van der Waals surface area contributed by atoms with Gasteiger partial charge in [-0.25, -0.2) is 4.98 Å². The quantitative estimate of drug-likeness (QED) is 0.871. The molecule has 0 aliphatic heterocycles. The van der Waals surface area contributed by atoms with Crippen LogP contribution in [0.25, 0.3) is 0 Å². The first-order valence-corrected chi connectivity index (χ1v) is 7.72. The Morgan fingerprint density at radius 1 is 1.38 bits per heavy atom. The lowest BCUT2D eigenvalue weighted by Crippen LogP contribution is -2.43. The number of carboxylic acids is 1. The van der Waals surface area contributed by atoms with Gasteiger partial charge in [0.1, 0.15) is 0 Å². The van der Waals surface area contributed by atoms with Gasteiger partial charge < -0.3 is 5.11 Å². The van der Waals surface area contributed by atoms with Crippen molar-refractivity contribution in [2.75, 3.05) is 18.0 Å². The molecule has 118 valence electrons. The van der Waals surface area contributed by atoms with Crippen LogP contribution in [0.15, 0.2) is 5.38 Å². The number of carbonyl (C=O) groups excluding carboxylic acids is 1. The Hall–Kier alpha value is -1.47. The van der Waals surface area contributed by atoms with Crippen molar-refractivity contribution in [2.24, 2.45) is 0 Å². The van der Waals surface area contributed by atoms with Crippen molar-refractivity contribution in [3.05, 3.63) is 11.1 Å². The lowest BCUT2D eigenvalue weighted by molar-refractivity contribution is -0.140. The zero-order valence-electron chi connectivity index (χ0n) is 13.2. The number of carboxylic acid groups (broad SMARTS) is 1. The highest BCUT2D eigenvalue weighted by atomic mass is 32.1. The summed E-state index contributed by atoms with van der Waals surface area (Å²) in [6.07, 6.45) is 0. The number of anilines is 1. The normalized spacial score (nSPS) is 11.7. The van der Waals surface area contributed by atoms with Gasteiger partial charge in [-0.15, -0.1) is 11.3 Å². The second kappa shape index (κ2) is 7.00. The minimum absolute atomic E-state index is 0.0411. The van der Waals surface area contributed by atoms with Crippen LogP contribution in [0, 0.1) is 0 Å². The van der Waals surface area contributed by atoms with E-state index in [0.717, 1.165) is 5.69 Å². The molecule has 0 fully saturated rings. The van der Waals surface area contributed by atoms with E-state index in [0.29, 0.717) is 18.2 Å². The summed E-state index contributed by atoms with van der Waals surface area (Å²) in [5.74, 6) is -0.907. The molecule has 1 aromatic heterocycles. The Morgan fingerprint density at radius 2 is 2.00 bits per heavy atom. The minimum atomic E-state index is -0.862. The van der Waals surface area contributed by atoms with Crippen LogP contribution in [-0.4, -0.2) is 45.5 Å². The fourth-order valence-electron chi connectivity index (χ4n) is 1.87. The maximum absolute atomic E-state index is 11.5. The summed E-state index contributed by atoms with van der Waals surface area (Å²) < 4.78 is 0. The van der Waals surface area contributed by atoms with Gasteiger partial charge in [-0.3, -0.25) is 19.4 Å². The summed E-state index contributed by atoms with van der Waals surface area (Å²) in [6.45, 7) is 10.3. The fraction of sp³-hybridized carbons (Fsp3) is 0.643. The van der Waals surface area contributed by atoms with E-state index in [-0.39, 0.29) is 18.0 Å². The number of amides is 1. The van der Waals surface area contributed by atoms with Crippen molar-refractivity contribution in [1.82, 2.24) is 9.88 Å². The summed E-state index contributed by atoms with van der Waals surface area (Å²) in [6, 6.07) is 0. The second-order valence-corrected chi connectivity index (χ2v) is 6.64. The van der Waals surface area contributed by atoms with Gasteiger partial charge in [0.05, 0.1) is 12.2 Å². The lowest BCUT2D eigenvalue weighted by Gasteiger charge is -2.33. The smallest absolute Gasteiger partial charge is 0.317 e. The van der Waals surface area contributed by atoms with Gasteiger partial charge in [0.15, 0.2) is 5.13 Å². The van der Waals surface area contributed by atoms with Crippen LogP contribution in [0.5, 0.6) is 0 Å². The zero-order chi connectivity index (χ0) is 16.2. The number of aliphatic carboxylic acids is 1. The molecule has 1 aromatic rings. The van der Waals surface area contributed by atoms with E-state index < -0.39 is 5.97 Å². The maximum Gasteiger partial charge on any atom is 0.317 e. The monoisotopic (exact) mass is 313 g/mol. The predicted molar refractivity (Wildman–Crippen MR) is 83.6 cm³/mol. The number of aromatic nitrogens is 1. The molecule has 0 atom stereocenters. The summed E-state index contributed by atoms with van der Waals surface area (Å²) in [5, 5.41) is 11.6. The first-order chi connectivity index (χ1) is 9.65. The summed E-state index contributed by atoms with van der Waals surface area (Å²) in [5.41, 5.74) is 0.513. The molecular weight excluding hydrogens is 290 g/mol. The van der Waals surface area contributed by atoms with Crippen LogP contribution in [0.1, 0.15) is 40.3 Å². The Labute approximate surface area is 129 Å². The molecule has 21 heavy (non-hydrogen) atoms. The van der Waals surface area contributed by atoms with Crippen LogP contribution in [-0.2, 0) is 16.1 Å². The van der Waals surface area contributed by atoms with E-state index in [4.69, 9.17) is 5.11 Å². The number of rotatable bonds is 6. The topological polar surface area (TPSA) is 73.7 Å². The van der Waals surface area contributed by atoms with E-state index in [1.165, 1.54) is 18.3 Å². The molecule has 0 aliphatic carbocycles. The third kappa shape index (κ3) is 5.09. The first-order valence-electron chi connectivity index (χ1n) is 6.84. The largest absolute Gasteiger partial charge is 0.480 e. The number of hydrogen-bond donors (Lipinski definition) is 1. The highest BCUT2D eigenvalue weighted by Gasteiger charge is 2.25. The molecule has 6 nitrogen and oxygen atoms in total. The molecule has 7 heteroatoms. The lowest BCUT2D eigenvalue weighted by atomic mass is 10.1. The number of hydrogen-bond acceptors (Lipinski definition) is 5. The van der Waals surface area contributed by atoms with Gasteiger partial charge in [-0.1, -0.05) is 0 Å². The molecule has 0 spiro atoms. The highest BCUT2D eigenvalue weighted by Crippen LogP contribution is 2.23. The van der Waals surface area contributed by atoms with Crippen LogP contribution in [0.3, 0.4) is 0 Å². The third-order valence-corrected chi connectivity index (χ3v) is 4.01. The molecule has 0 saturated heterocycles. The summed E-state index contributed by atoms with van der Waals surface area (Å²) in [7, 11) is 0. The SMILES string of the molecule is CCN(C(C)=O)c1nc(CN(CC(=O)O)C(C)(C)C)cs1. The van der Waals surface area contributed by atoms with Crippen molar-refractivity contribution in [3.63, 3.8) is 0 Å². The molecule has 0 radical (unpaired) electrons. The van der Waals surface area contributed by atoms with Crippen molar-refractivity contribution in [2.45, 2.75) is 46.7 Å². The Morgan fingerprint density at radius 3 is 2.43 bits per heavy atom. The molecule has 0 aliphatic rings. The van der Waals surface area contributed by atoms with E-state index in [1.54, 1.807) is 4.90 Å². The number of thiazole rings is 1. The zero-order valence-corrected chi connectivity index (χ0v) is 14.0. The molecule has 1 heterocycles. The van der Waals surface area contributed by atoms with Crippen LogP contribution < -0.4 is 4.90 Å². The van der Waals surface area contributed by atoms with E-state index in [1.807, 2.05) is 38.0 Å². The van der Waals surface area contributed by atoms with Crippen LogP contribution in [0.2, 0.25) is 0 Å². The first kappa shape index (κ1) is 17.6. The number of nitrogens with zero attached hydrogens (tertiary/aromatic N) is 3. The van der Waals surface area contributed by atoms with E-state index in [2.05, 4.69) is 4.98 Å². The predicted octanol–water partition coefficient (Wildman–Crippen LogP) is 2.20. The molecule has 1 rings (SSSR count). The van der Waals surface area contributed by atoms with E-state index >= 15 is 0 Å². The molecule has 0 aromatic carbocycles. The molecule has 0 saturated carbocycles. The molecule has 1 N–H and O–H groups in total. The Bertz CT molecular complexity index is 508. The highest BCUT2D eigenvalue weighted by molar-refractivity contribution is 7.14. The maximum atomic E-state index is 11.5. The van der Waals surface area contributed by atoms with Gasteiger partial charge >= 0.3 is 5.97 Å². The fourth-order valence-corrected chi connectivity index (χ4v) is 2.80. The summed E-state index contributed by atoms with van der Waals surface area (Å²) in [4.78, 5) is 30.4. The number of carbonyl (C=O) groups is 2. The van der Waals surface area contributed by atoms with Crippen molar-refractivity contribution < 1.29 is 14.7 Å². The van der Waals surface area contributed by atoms with Gasteiger partial charge in [0, 0.05) is 30.9 Å². The van der Waals surface area contributed by atoms with Crippen molar-refractivity contribution >= 4 is 28.3 Å². The van der Waals surface area contributed by atoms with Gasteiger partial charge in [-0.2, -0.15) is 0 Å². The summed E-state index contributed by atoms with van der Waals surface area (Å²) >= 11 is 1.40. The Balaban J connectivity index is 2.89. The molecule has 0 unspecified atom stereocenters. The van der Waals surface area contributed by atoms with Gasteiger partial charge in [0.25, 0.3) is 0 Å². The Kier molecular flexibility index (Phi) is 5.86. The molecular formula is C14H23N3O3S. The van der Waals surface area contributed by atoms with Gasteiger partial charge in [-0.05, 0) is 27.7 Å². The third-order valence-electron chi connectivity index (χ3n) is 3.09. The second-order valence-electron chi connectivity index (χ2n) is 5.81. The van der Waals surface area contributed by atoms with Crippen LogP contribution >= 0.6 is 11.3 Å². The van der Waals surface area contributed by atoms with Crippen molar-refractivity contribution in [1.29, 1.82) is 0 Å². The molecule has 1 amide bonds. The van der Waals surface area contributed by atoms with E-state index in [9.17, 15) is 9.59 Å². The van der Waals surface area contributed by atoms with Crippen LogP contribution in [0.4, 0.5) is 5.13 Å². The average molecular weight is 313 g/mol. The standard InChI is InChI=1S/C14H23N3O3S/c1-6-17(10(2)18)13-15-11(9-21-13)7-16(8-12(19)20)14(3,4)5/h9H,6-8H2,1-5H3,(H,19,20). The van der Waals surface area contributed by atoms with Crippen molar-refractivity contribution in [3.8, 4) is 0 Å². The minimum Gasteiger partial charge on any atom is -0.480 e. The van der Waals surface area contributed by atoms with Gasteiger partial charge in [0.2, 0.25) is 5.91 Å². The molecule has 0 bridgehead atoms. The average Bonchev–Trinajstić information content (AvgIpc) is 2.75.